The molecular formula is C12H9ClN2O. The maximum absolute atomic E-state index is 9.50. The molecule has 0 fully saturated rings. The summed E-state index contributed by atoms with van der Waals surface area (Å²) < 4.78 is 0. The maximum atomic E-state index is 9.50. The molecule has 0 spiro atoms. The first-order valence-electron chi connectivity index (χ1n) is 4.70. The molecule has 2 aromatic rings. The minimum absolute atomic E-state index is 0.138. The molecule has 3 nitrogen and oxygen atoms in total. The Balaban J connectivity index is 2.29. The van der Waals surface area contributed by atoms with E-state index in [2.05, 4.69) is 9.98 Å². The van der Waals surface area contributed by atoms with Crippen LogP contribution in [0, 0.1) is 0 Å². The number of para-hydroxylation sites is 2. The smallest absolute Gasteiger partial charge is 0.141 e. The first-order valence-corrected chi connectivity index (χ1v) is 5.08. The number of aromatic nitrogens is 1. The van der Waals surface area contributed by atoms with E-state index in [0.717, 1.165) is 0 Å². The summed E-state index contributed by atoms with van der Waals surface area (Å²) >= 11 is 5.87. The van der Waals surface area contributed by atoms with Gasteiger partial charge in [-0.05, 0) is 24.3 Å². The van der Waals surface area contributed by atoms with Crippen LogP contribution in [0.2, 0.25) is 5.15 Å². The molecule has 0 amide bonds. The zero-order valence-electron chi connectivity index (χ0n) is 8.34. The summed E-state index contributed by atoms with van der Waals surface area (Å²) in [6.45, 7) is 0. The highest BCUT2D eigenvalue weighted by Crippen LogP contribution is 2.24. The average molecular weight is 233 g/mol. The molecule has 16 heavy (non-hydrogen) atoms. The number of hydrogen-bond acceptors (Lipinski definition) is 3. The zero-order chi connectivity index (χ0) is 11.4. The van der Waals surface area contributed by atoms with E-state index < -0.39 is 0 Å². The minimum atomic E-state index is 0.138. The summed E-state index contributed by atoms with van der Waals surface area (Å²) in [7, 11) is 0. The highest BCUT2D eigenvalue weighted by atomic mass is 35.5. The van der Waals surface area contributed by atoms with E-state index in [0.29, 0.717) is 16.4 Å². The Morgan fingerprint density at radius 3 is 2.75 bits per heavy atom. The Hall–Kier alpha value is -1.87. The van der Waals surface area contributed by atoms with Crippen LogP contribution in [-0.2, 0) is 0 Å². The van der Waals surface area contributed by atoms with Crippen molar-refractivity contribution in [2.24, 2.45) is 4.99 Å². The lowest BCUT2D eigenvalue weighted by Crippen LogP contribution is -1.84. The average Bonchev–Trinajstić information content (AvgIpc) is 2.30. The van der Waals surface area contributed by atoms with Crippen molar-refractivity contribution >= 4 is 23.5 Å². The molecule has 1 aromatic heterocycles. The summed E-state index contributed by atoms with van der Waals surface area (Å²) in [4.78, 5) is 8.06. The number of phenols is 1. The number of benzene rings is 1. The maximum Gasteiger partial charge on any atom is 0.141 e. The number of hydrogen-bond donors (Lipinski definition) is 1. The molecular weight excluding hydrogens is 224 g/mol. The van der Waals surface area contributed by atoms with Crippen molar-refractivity contribution < 1.29 is 5.11 Å². The van der Waals surface area contributed by atoms with E-state index in [-0.39, 0.29) is 5.75 Å². The lowest BCUT2D eigenvalue weighted by Gasteiger charge is -1.98. The molecule has 0 radical (unpaired) electrons. The fraction of sp³-hybridized carbons (Fsp3) is 0. The largest absolute Gasteiger partial charge is 0.506 e. The third-order valence-electron chi connectivity index (χ3n) is 2.01. The van der Waals surface area contributed by atoms with Gasteiger partial charge < -0.3 is 5.11 Å². The van der Waals surface area contributed by atoms with Crippen molar-refractivity contribution in [3.05, 3.63) is 53.3 Å². The summed E-state index contributed by atoms with van der Waals surface area (Å²) in [5.74, 6) is 0.138. The molecule has 4 heteroatoms. The van der Waals surface area contributed by atoms with Crippen LogP contribution in [0.4, 0.5) is 5.69 Å². The van der Waals surface area contributed by atoms with Gasteiger partial charge in [-0.1, -0.05) is 23.7 Å². The quantitative estimate of drug-likeness (QED) is 0.639. The highest BCUT2D eigenvalue weighted by molar-refractivity contribution is 6.31. The van der Waals surface area contributed by atoms with Gasteiger partial charge in [-0.15, -0.1) is 0 Å². The molecule has 1 N–H and O–H groups in total. The van der Waals surface area contributed by atoms with Gasteiger partial charge in [0.15, 0.2) is 0 Å². The summed E-state index contributed by atoms with van der Waals surface area (Å²) in [6, 6.07) is 10.4. The van der Waals surface area contributed by atoms with Gasteiger partial charge in [-0.2, -0.15) is 0 Å². The van der Waals surface area contributed by atoms with E-state index >= 15 is 0 Å². The van der Waals surface area contributed by atoms with Crippen LogP contribution >= 0.6 is 11.6 Å². The van der Waals surface area contributed by atoms with Crippen molar-refractivity contribution in [1.82, 2.24) is 4.98 Å². The third kappa shape index (κ3) is 2.38. The van der Waals surface area contributed by atoms with Gasteiger partial charge in [0.05, 0.1) is 0 Å². The van der Waals surface area contributed by atoms with E-state index in [1.165, 1.54) is 0 Å². The summed E-state index contributed by atoms with van der Waals surface area (Å²) in [6.07, 6.45) is 3.18. The topological polar surface area (TPSA) is 45.5 Å². The van der Waals surface area contributed by atoms with Crippen molar-refractivity contribution in [2.75, 3.05) is 0 Å². The predicted molar refractivity (Wildman–Crippen MR) is 64.6 cm³/mol. The normalized spacial score (nSPS) is 10.8. The lowest BCUT2D eigenvalue weighted by molar-refractivity contribution is 0.477. The van der Waals surface area contributed by atoms with Gasteiger partial charge in [-0.3, -0.25) is 4.99 Å². The van der Waals surface area contributed by atoms with Crippen molar-refractivity contribution in [2.45, 2.75) is 0 Å². The van der Waals surface area contributed by atoms with E-state index in [9.17, 15) is 5.11 Å². The van der Waals surface area contributed by atoms with Gasteiger partial charge in [0, 0.05) is 18.0 Å². The standard InChI is InChI=1S/C12H9ClN2O/c13-12-9(4-3-7-14-12)8-15-10-5-1-2-6-11(10)16/h1-8,16H. The molecule has 2 rings (SSSR count). The molecule has 0 aliphatic heterocycles. The molecule has 0 saturated carbocycles. The first-order chi connectivity index (χ1) is 7.77. The Bertz CT molecular complexity index is 478. The number of phenolic OH excluding ortho intramolecular Hbond substituents is 1. The monoisotopic (exact) mass is 232 g/mol. The minimum Gasteiger partial charge on any atom is -0.506 e. The Kier molecular flexibility index (Phi) is 3.17. The highest BCUT2D eigenvalue weighted by Gasteiger charge is 1.98. The third-order valence-corrected chi connectivity index (χ3v) is 2.33. The van der Waals surface area contributed by atoms with Crippen LogP contribution in [0.1, 0.15) is 5.56 Å². The summed E-state index contributed by atoms with van der Waals surface area (Å²) in [5.41, 5.74) is 1.22. The van der Waals surface area contributed by atoms with Crippen molar-refractivity contribution in [3.8, 4) is 5.75 Å². The molecule has 0 saturated heterocycles. The van der Waals surface area contributed by atoms with Crippen LogP contribution in [-0.4, -0.2) is 16.3 Å². The second kappa shape index (κ2) is 4.77. The number of nitrogens with zero attached hydrogens (tertiary/aromatic N) is 2. The molecule has 0 aliphatic carbocycles. The second-order valence-electron chi connectivity index (χ2n) is 3.13. The van der Waals surface area contributed by atoms with Crippen LogP contribution in [0.5, 0.6) is 5.75 Å². The van der Waals surface area contributed by atoms with Gasteiger partial charge in [0.2, 0.25) is 0 Å². The van der Waals surface area contributed by atoms with Gasteiger partial charge >= 0.3 is 0 Å². The van der Waals surface area contributed by atoms with Gasteiger partial charge in [0.1, 0.15) is 16.6 Å². The van der Waals surface area contributed by atoms with Gasteiger partial charge in [0.25, 0.3) is 0 Å². The first kappa shape index (κ1) is 10.6. The van der Waals surface area contributed by atoms with Gasteiger partial charge in [-0.25, -0.2) is 4.98 Å². The second-order valence-corrected chi connectivity index (χ2v) is 3.49. The Morgan fingerprint density at radius 1 is 1.19 bits per heavy atom. The number of pyridine rings is 1. The van der Waals surface area contributed by atoms with Crippen molar-refractivity contribution in [3.63, 3.8) is 0 Å². The van der Waals surface area contributed by atoms with Crippen LogP contribution in [0.25, 0.3) is 0 Å². The molecule has 0 unspecified atom stereocenters. The molecule has 1 heterocycles. The fourth-order valence-electron chi connectivity index (χ4n) is 1.21. The number of aromatic hydroxyl groups is 1. The number of aliphatic imine (C=N–C) groups is 1. The Labute approximate surface area is 98.1 Å². The number of halogens is 1. The molecule has 1 aromatic carbocycles. The summed E-state index contributed by atoms with van der Waals surface area (Å²) in [5, 5.41) is 9.89. The molecule has 0 aliphatic rings. The van der Waals surface area contributed by atoms with Crippen LogP contribution < -0.4 is 0 Å². The predicted octanol–water partition coefficient (Wildman–Crippen LogP) is 3.19. The SMILES string of the molecule is Oc1ccccc1N=Cc1cccnc1Cl. The molecule has 0 bridgehead atoms. The van der Waals surface area contributed by atoms with Crippen LogP contribution in [0.3, 0.4) is 0 Å². The van der Waals surface area contributed by atoms with E-state index in [1.807, 2.05) is 0 Å². The van der Waals surface area contributed by atoms with E-state index in [1.54, 1.807) is 48.8 Å². The van der Waals surface area contributed by atoms with E-state index in [4.69, 9.17) is 11.6 Å². The zero-order valence-corrected chi connectivity index (χ0v) is 9.09. The number of rotatable bonds is 2. The van der Waals surface area contributed by atoms with Crippen molar-refractivity contribution in [1.29, 1.82) is 0 Å². The lowest BCUT2D eigenvalue weighted by atomic mass is 10.3. The molecule has 80 valence electrons. The molecule has 0 atom stereocenters. The fourth-order valence-corrected chi connectivity index (χ4v) is 1.38. The van der Waals surface area contributed by atoms with Crippen LogP contribution in [0.15, 0.2) is 47.6 Å². The Morgan fingerprint density at radius 2 is 2.00 bits per heavy atom.